The first-order valence-corrected chi connectivity index (χ1v) is 8.25. The summed E-state index contributed by atoms with van der Waals surface area (Å²) < 4.78 is 1.53. The molecule has 8 heteroatoms. The summed E-state index contributed by atoms with van der Waals surface area (Å²) >= 11 is 1.44. The molecule has 0 atom stereocenters. The van der Waals surface area contributed by atoms with Crippen molar-refractivity contribution in [2.75, 3.05) is 0 Å². The number of hydrogen-bond donors (Lipinski definition) is 1. The summed E-state index contributed by atoms with van der Waals surface area (Å²) in [4.78, 5) is 36.5. The molecule has 0 fully saturated rings. The van der Waals surface area contributed by atoms with Gasteiger partial charge in [0.1, 0.15) is 10.7 Å². The lowest BCUT2D eigenvalue weighted by Gasteiger charge is -2.05. The molecule has 0 bridgehead atoms. The van der Waals surface area contributed by atoms with Crippen LogP contribution in [0.1, 0.15) is 23.0 Å². The largest absolute Gasteiger partial charge is 0.346 e. The van der Waals surface area contributed by atoms with Crippen LogP contribution in [-0.4, -0.2) is 25.4 Å². The normalized spacial score (nSPS) is 10.5. The molecule has 0 aliphatic heterocycles. The molecule has 0 saturated carbocycles. The van der Waals surface area contributed by atoms with Crippen molar-refractivity contribution in [1.29, 1.82) is 0 Å². The fourth-order valence-corrected chi connectivity index (χ4v) is 2.88. The highest BCUT2D eigenvalue weighted by Crippen LogP contribution is 2.20. The second-order valence-electron chi connectivity index (χ2n) is 4.96. The van der Waals surface area contributed by atoms with Crippen LogP contribution < -0.4 is 10.9 Å². The molecule has 3 rings (SSSR count). The maximum Gasteiger partial charge on any atom is 0.251 e. The predicted molar refractivity (Wildman–Crippen MR) is 90.7 cm³/mol. The molecule has 122 valence electrons. The molecule has 7 nitrogen and oxygen atoms in total. The number of pyridine rings is 1. The van der Waals surface area contributed by atoms with E-state index < -0.39 is 0 Å². The van der Waals surface area contributed by atoms with Crippen molar-refractivity contribution in [2.45, 2.75) is 20.0 Å². The fraction of sp³-hybridized carbons (Fsp3) is 0.188. The van der Waals surface area contributed by atoms with Crippen LogP contribution in [0.25, 0.3) is 10.7 Å². The number of aryl methyl sites for hydroxylation is 1. The van der Waals surface area contributed by atoms with Gasteiger partial charge in [-0.05, 0) is 13.0 Å². The topological polar surface area (TPSA) is 89.8 Å². The van der Waals surface area contributed by atoms with E-state index in [0.29, 0.717) is 17.8 Å². The summed E-state index contributed by atoms with van der Waals surface area (Å²) in [5.74, 6) is -0.301. The second-order valence-corrected chi connectivity index (χ2v) is 5.82. The van der Waals surface area contributed by atoms with E-state index in [-0.39, 0.29) is 18.0 Å². The molecule has 0 spiro atoms. The lowest BCUT2D eigenvalue weighted by Crippen LogP contribution is -2.26. The minimum atomic E-state index is -0.301. The molecule has 1 amide bonds. The maximum absolute atomic E-state index is 12.1. The summed E-state index contributed by atoms with van der Waals surface area (Å²) in [6.07, 6.45) is 6.47. The van der Waals surface area contributed by atoms with Gasteiger partial charge in [-0.25, -0.2) is 4.98 Å². The van der Waals surface area contributed by atoms with Crippen molar-refractivity contribution in [3.8, 4) is 10.7 Å². The number of nitrogens with one attached hydrogen (secondary N) is 1. The smallest absolute Gasteiger partial charge is 0.251 e. The molecule has 0 aliphatic rings. The van der Waals surface area contributed by atoms with Crippen LogP contribution in [0.15, 0.2) is 47.1 Å². The van der Waals surface area contributed by atoms with Crippen LogP contribution in [0.3, 0.4) is 0 Å². The molecular weight excluding hydrogens is 326 g/mol. The van der Waals surface area contributed by atoms with Gasteiger partial charge < -0.3 is 9.88 Å². The standard InChI is InChI=1S/C16H15N5O2S/c1-2-21-6-3-11(7-14(21)22)15(23)19-8-12-10-24-16(20-12)13-9-17-4-5-18-13/h3-7,9-10H,2,8H2,1H3,(H,19,23). The second kappa shape index (κ2) is 7.14. The molecule has 3 aromatic heterocycles. The zero-order chi connectivity index (χ0) is 16.9. The minimum Gasteiger partial charge on any atom is -0.346 e. The van der Waals surface area contributed by atoms with Gasteiger partial charge in [-0.15, -0.1) is 11.3 Å². The van der Waals surface area contributed by atoms with Crippen molar-refractivity contribution >= 4 is 17.2 Å². The lowest BCUT2D eigenvalue weighted by molar-refractivity contribution is 0.0950. The summed E-state index contributed by atoms with van der Waals surface area (Å²) in [5, 5.41) is 5.37. The zero-order valence-electron chi connectivity index (χ0n) is 13.0. The van der Waals surface area contributed by atoms with E-state index in [2.05, 4.69) is 20.3 Å². The SMILES string of the molecule is CCn1ccc(C(=O)NCc2csc(-c3cnccn3)n2)cc1=O. The van der Waals surface area contributed by atoms with Crippen molar-refractivity contribution in [3.05, 3.63) is 63.9 Å². The van der Waals surface area contributed by atoms with E-state index in [0.717, 1.165) is 10.7 Å². The van der Waals surface area contributed by atoms with Crippen LogP contribution >= 0.6 is 11.3 Å². The average Bonchev–Trinajstić information content (AvgIpc) is 3.09. The Hall–Kier alpha value is -2.87. The maximum atomic E-state index is 12.1. The summed E-state index contributed by atoms with van der Waals surface area (Å²) in [5.41, 5.74) is 1.58. The molecule has 24 heavy (non-hydrogen) atoms. The third-order valence-electron chi connectivity index (χ3n) is 3.36. The number of nitrogens with zero attached hydrogens (tertiary/aromatic N) is 4. The first-order valence-electron chi connectivity index (χ1n) is 7.37. The van der Waals surface area contributed by atoms with Crippen molar-refractivity contribution in [1.82, 2.24) is 24.8 Å². The van der Waals surface area contributed by atoms with Crippen LogP contribution in [0, 0.1) is 0 Å². The van der Waals surface area contributed by atoms with Crippen molar-refractivity contribution < 1.29 is 4.79 Å². The average molecular weight is 341 g/mol. The molecule has 0 aromatic carbocycles. The van der Waals surface area contributed by atoms with E-state index in [1.165, 1.54) is 22.0 Å². The van der Waals surface area contributed by atoms with Crippen molar-refractivity contribution in [3.63, 3.8) is 0 Å². The Morgan fingerprint density at radius 1 is 1.38 bits per heavy atom. The van der Waals surface area contributed by atoms with Gasteiger partial charge in [0, 0.05) is 42.1 Å². The quantitative estimate of drug-likeness (QED) is 0.763. The number of carbonyl (C=O) groups excluding carboxylic acids is 1. The predicted octanol–water partition coefficient (Wildman–Crippen LogP) is 1.71. The molecule has 0 saturated heterocycles. The molecule has 1 N–H and O–H groups in total. The fourth-order valence-electron chi connectivity index (χ4n) is 2.10. The van der Waals surface area contributed by atoms with Crippen LogP contribution in [-0.2, 0) is 13.1 Å². The Bertz CT molecular complexity index is 904. The number of carbonyl (C=O) groups is 1. The summed E-state index contributed by atoms with van der Waals surface area (Å²) in [6.45, 7) is 2.73. The highest BCUT2D eigenvalue weighted by atomic mass is 32.1. The van der Waals surface area contributed by atoms with Gasteiger partial charge in [0.2, 0.25) is 0 Å². The van der Waals surface area contributed by atoms with E-state index >= 15 is 0 Å². The molecule has 0 aliphatic carbocycles. The Balaban J connectivity index is 1.66. The first kappa shape index (κ1) is 16.0. The Kier molecular flexibility index (Phi) is 4.76. The van der Waals surface area contributed by atoms with E-state index in [9.17, 15) is 9.59 Å². The molecular formula is C16H15N5O2S. The van der Waals surface area contributed by atoms with Crippen LogP contribution in [0.5, 0.6) is 0 Å². The monoisotopic (exact) mass is 341 g/mol. The van der Waals surface area contributed by atoms with Gasteiger partial charge in [-0.3, -0.25) is 19.6 Å². The Labute approximate surface area is 142 Å². The molecule has 3 aromatic rings. The molecule has 3 heterocycles. The van der Waals surface area contributed by atoms with E-state index in [1.54, 1.807) is 30.9 Å². The minimum absolute atomic E-state index is 0.191. The van der Waals surface area contributed by atoms with Crippen molar-refractivity contribution in [2.24, 2.45) is 0 Å². The first-order chi connectivity index (χ1) is 11.7. The van der Waals surface area contributed by atoms with E-state index in [1.807, 2.05) is 12.3 Å². The number of thiazole rings is 1. The van der Waals surface area contributed by atoms with E-state index in [4.69, 9.17) is 0 Å². The lowest BCUT2D eigenvalue weighted by atomic mass is 10.2. The van der Waals surface area contributed by atoms with Gasteiger partial charge >= 0.3 is 0 Å². The van der Waals surface area contributed by atoms with Gasteiger partial charge in [-0.1, -0.05) is 0 Å². The summed E-state index contributed by atoms with van der Waals surface area (Å²) in [6, 6.07) is 2.97. The Morgan fingerprint density at radius 2 is 2.25 bits per heavy atom. The third kappa shape index (κ3) is 3.54. The highest BCUT2D eigenvalue weighted by molar-refractivity contribution is 7.13. The number of aromatic nitrogens is 4. The van der Waals surface area contributed by atoms with Gasteiger partial charge in [-0.2, -0.15) is 0 Å². The van der Waals surface area contributed by atoms with Crippen LogP contribution in [0.2, 0.25) is 0 Å². The molecule has 0 unspecified atom stereocenters. The van der Waals surface area contributed by atoms with Crippen LogP contribution in [0.4, 0.5) is 0 Å². The number of amides is 1. The van der Waals surface area contributed by atoms with Gasteiger partial charge in [0.15, 0.2) is 0 Å². The third-order valence-corrected chi connectivity index (χ3v) is 4.28. The number of hydrogen-bond acceptors (Lipinski definition) is 6. The zero-order valence-corrected chi connectivity index (χ0v) is 13.8. The van der Waals surface area contributed by atoms with Gasteiger partial charge in [0.05, 0.1) is 18.4 Å². The molecule has 0 radical (unpaired) electrons. The van der Waals surface area contributed by atoms with Gasteiger partial charge in [0.25, 0.3) is 11.5 Å². The Morgan fingerprint density at radius 3 is 2.96 bits per heavy atom. The summed E-state index contributed by atoms with van der Waals surface area (Å²) in [7, 11) is 0. The number of rotatable bonds is 5. The highest BCUT2D eigenvalue weighted by Gasteiger charge is 2.10.